The summed E-state index contributed by atoms with van der Waals surface area (Å²) >= 11 is 0. The van der Waals surface area contributed by atoms with Crippen molar-refractivity contribution in [2.75, 3.05) is 37.4 Å². The summed E-state index contributed by atoms with van der Waals surface area (Å²) in [5, 5.41) is 29.5. The standard InChI is InChI=1S/C37H41N10O19P3S2/c1-46(27-11-6-24(7-12-27)43-45-29-15-10-26(18-32(29)71(60,61)62)44-42-25-8-13-28(14-9-25)70(57,58)59)17-3-5-33(49)39-16-2-4-23-20-47(37-35(23)36(38)40-22-41-37)34-19-30(48)31(64-34)21-63-68(53,54)66-69(55,56)65-67(50,51)52/h6-15,18,20,22,30-31,34,48H,3,5,16-17,19,21H2,1H3,(H,39,49)(H,53,54)(H,55,56)(H2,38,40,41)(H2,50,51,52)(H,57,58,59)(H,60,61,62)/t30-,31+,34+/m0/s1. The number of azo groups is 2. The molecule has 10 N–H and O–H groups in total. The number of aliphatic hydroxyl groups is 1. The zero-order chi connectivity index (χ0) is 51.9. The van der Waals surface area contributed by atoms with Crippen LogP contribution in [0.1, 0.15) is 31.1 Å². The minimum absolute atomic E-state index is 0.0133. The molecule has 1 aliphatic heterocycles. The van der Waals surface area contributed by atoms with Gasteiger partial charge in [-0.05, 0) is 73.2 Å². The van der Waals surface area contributed by atoms with Gasteiger partial charge in [0.15, 0.2) is 0 Å². The van der Waals surface area contributed by atoms with Gasteiger partial charge in [0, 0.05) is 38.3 Å². The van der Waals surface area contributed by atoms with Gasteiger partial charge in [-0.3, -0.25) is 18.4 Å². The average molecular weight is 1090 g/mol. The molecule has 29 nitrogen and oxygen atoms in total. The second-order valence-corrected chi connectivity index (χ2v) is 22.1. The Hall–Kier alpha value is -5.74. The number of aromatic nitrogens is 3. The Morgan fingerprint density at radius 2 is 1.54 bits per heavy atom. The van der Waals surface area contributed by atoms with Crippen LogP contribution in [0.3, 0.4) is 0 Å². The van der Waals surface area contributed by atoms with E-state index in [4.69, 9.17) is 24.8 Å². The Bertz CT molecular complexity index is 3290. The third kappa shape index (κ3) is 15.6. The molecule has 2 unspecified atom stereocenters. The zero-order valence-corrected chi connectivity index (χ0v) is 40.6. The van der Waals surface area contributed by atoms with Crippen LogP contribution in [0.15, 0.2) is 110 Å². The van der Waals surface area contributed by atoms with Gasteiger partial charge in [-0.1, -0.05) is 11.8 Å². The molecule has 0 spiro atoms. The zero-order valence-electron chi connectivity index (χ0n) is 36.3. The second kappa shape index (κ2) is 22.4. The number of ether oxygens (including phenoxy) is 1. The number of nitrogens with two attached hydrogens (primary N) is 1. The molecule has 1 saturated heterocycles. The Kier molecular flexibility index (Phi) is 17.2. The van der Waals surface area contributed by atoms with E-state index in [1.54, 1.807) is 31.3 Å². The number of rotatable bonds is 20. The van der Waals surface area contributed by atoms with Gasteiger partial charge in [0.05, 0.1) is 52.2 Å². The fraction of sp³-hybridized carbons (Fsp3) is 0.270. The smallest absolute Gasteiger partial charge is 0.390 e. The van der Waals surface area contributed by atoms with Crippen molar-refractivity contribution < 1.29 is 87.0 Å². The first-order chi connectivity index (χ1) is 33.2. The summed E-state index contributed by atoms with van der Waals surface area (Å²) in [4.78, 5) is 58.4. The molecule has 6 rings (SSSR count). The van der Waals surface area contributed by atoms with Crippen LogP contribution < -0.4 is 16.0 Å². The minimum atomic E-state index is -5.77. The van der Waals surface area contributed by atoms with E-state index >= 15 is 0 Å². The number of aliphatic hydroxyl groups excluding tert-OH is 1. The third-order valence-corrected chi connectivity index (χ3v) is 15.2. The van der Waals surface area contributed by atoms with Crippen molar-refractivity contribution >= 4 is 94.9 Å². The van der Waals surface area contributed by atoms with Gasteiger partial charge < -0.3 is 49.9 Å². The Morgan fingerprint density at radius 3 is 2.18 bits per heavy atom. The fourth-order valence-electron chi connectivity index (χ4n) is 6.45. The van der Waals surface area contributed by atoms with Crippen molar-refractivity contribution in [1.29, 1.82) is 0 Å². The molecule has 2 aromatic heterocycles. The molecular formula is C37H41N10O19P3S2. The van der Waals surface area contributed by atoms with Crippen LogP contribution in [-0.4, -0.2) is 110 Å². The van der Waals surface area contributed by atoms with Crippen LogP contribution in [0.4, 0.5) is 34.3 Å². The van der Waals surface area contributed by atoms with Crippen molar-refractivity contribution in [3.8, 4) is 11.8 Å². The van der Waals surface area contributed by atoms with Gasteiger partial charge in [-0.2, -0.15) is 40.8 Å². The number of nitrogens with zero attached hydrogens (tertiary/aromatic N) is 8. The lowest BCUT2D eigenvalue weighted by Gasteiger charge is -2.19. The number of phosphoric ester groups is 1. The molecule has 1 fully saturated rings. The molecule has 3 aromatic carbocycles. The predicted octanol–water partition coefficient (Wildman–Crippen LogP) is 4.71. The van der Waals surface area contributed by atoms with E-state index in [2.05, 4.69) is 60.7 Å². The van der Waals surface area contributed by atoms with E-state index in [0.29, 0.717) is 29.6 Å². The first-order valence-corrected chi connectivity index (χ1v) is 27.4. The maximum Gasteiger partial charge on any atom is 0.490 e. The lowest BCUT2D eigenvalue weighted by Crippen LogP contribution is -2.26. The summed E-state index contributed by atoms with van der Waals surface area (Å²) in [5.41, 5.74) is 7.79. The first kappa shape index (κ1) is 54.6. The monoisotopic (exact) mass is 1090 g/mol. The SMILES string of the molecule is CN(CCCC(=O)NCC#Cc1cn([C@H]2C[C@H](O)[C@@H](COP(=O)(O)OP(=O)(O)OP(=O)(O)O)O2)c2ncnc(N)c12)c1ccc(N=Nc2ccc(N=Nc3ccc(S(=O)(=O)O)cc3)cc2S(=O)(=O)O)cc1. The predicted molar refractivity (Wildman–Crippen MR) is 246 cm³/mol. The number of anilines is 2. The summed E-state index contributed by atoms with van der Waals surface area (Å²) in [6.45, 7) is -0.489. The van der Waals surface area contributed by atoms with Gasteiger partial charge >= 0.3 is 23.5 Å². The summed E-state index contributed by atoms with van der Waals surface area (Å²) < 4.78 is 120. The second-order valence-electron chi connectivity index (χ2n) is 14.8. The molecule has 0 radical (unpaired) electrons. The number of hydrogen-bond donors (Lipinski definition) is 9. The van der Waals surface area contributed by atoms with Gasteiger partial charge in [0.25, 0.3) is 20.2 Å². The number of carbonyl (C=O) groups excluding carboxylic acids is 1. The number of nitrogens with one attached hydrogen (secondary N) is 1. The van der Waals surface area contributed by atoms with Crippen molar-refractivity contribution in [2.45, 2.75) is 47.5 Å². The summed E-state index contributed by atoms with van der Waals surface area (Å²) in [7, 11) is -24.3. The van der Waals surface area contributed by atoms with Gasteiger partial charge in [-0.25, -0.2) is 23.7 Å². The Balaban J connectivity index is 0.983. The highest BCUT2D eigenvalue weighted by Crippen LogP contribution is 2.66. The van der Waals surface area contributed by atoms with Gasteiger partial charge in [0.1, 0.15) is 40.7 Å². The minimum Gasteiger partial charge on any atom is -0.390 e. The molecule has 1 amide bonds. The number of fused-ring (bicyclic) bond motifs is 1. The van der Waals surface area contributed by atoms with Crippen LogP contribution in [0.2, 0.25) is 0 Å². The Morgan fingerprint density at radius 1 is 0.901 bits per heavy atom. The average Bonchev–Trinajstić information content (AvgIpc) is 3.84. The van der Waals surface area contributed by atoms with E-state index in [0.717, 1.165) is 23.9 Å². The molecule has 71 heavy (non-hydrogen) atoms. The topological polar surface area (TPSA) is 437 Å². The molecule has 0 saturated carbocycles. The number of nitrogen functional groups attached to an aromatic ring is 1. The van der Waals surface area contributed by atoms with Crippen molar-refractivity contribution in [2.24, 2.45) is 20.5 Å². The van der Waals surface area contributed by atoms with Crippen LogP contribution in [0.5, 0.6) is 0 Å². The summed E-state index contributed by atoms with van der Waals surface area (Å²) in [6.07, 6.45) is -0.522. The maximum atomic E-state index is 12.7. The van der Waals surface area contributed by atoms with E-state index in [1.807, 2.05) is 4.90 Å². The first-order valence-electron chi connectivity index (χ1n) is 20.0. The number of phosphoric acid groups is 3. The molecule has 0 bridgehead atoms. The maximum absolute atomic E-state index is 12.7. The normalized spacial score (nSPS) is 18.3. The molecule has 380 valence electrons. The number of hydrogen-bond acceptors (Lipinski definition) is 21. The van der Waals surface area contributed by atoms with E-state index in [9.17, 15) is 54.8 Å². The van der Waals surface area contributed by atoms with E-state index in [1.165, 1.54) is 41.4 Å². The molecule has 5 aromatic rings. The molecule has 1 aliphatic rings. The number of amides is 1. The molecule has 3 heterocycles. The molecule has 0 aliphatic carbocycles. The highest BCUT2D eigenvalue weighted by molar-refractivity contribution is 7.86. The highest BCUT2D eigenvalue weighted by Gasteiger charge is 2.43. The third-order valence-electron chi connectivity index (χ3n) is 9.67. The number of benzene rings is 3. The number of carbonyl (C=O) groups is 1. The molecule has 5 atom stereocenters. The van der Waals surface area contributed by atoms with E-state index < -0.39 is 73.6 Å². The van der Waals surface area contributed by atoms with Crippen LogP contribution in [0.25, 0.3) is 11.0 Å². The van der Waals surface area contributed by atoms with Gasteiger partial charge in [0.2, 0.25) is 5.91 Å². The summed E-state index contributed by atoms with van der Waals surface area (Å²) in [5.74, 6) is 5.48. The van der Waals surface area contributed by atoms with Crippen LogP contribution in [0, 0.1) is 11.8 Å². The van der Waals surface area contributed by atoms with E-state index in [-0.39, 0.29) is 58.7 Å². The lowest BCUT2D eigenvalue weighted by atomic mass is 10.2. The molecule has 34 heteroatoms. The lowest BCUT2D eigenvalue weighted by molar-refractivity contribution is -0.120. The largest absolute Gasteiger partial charge is 0.490 e. The Labute approximate surface area is 402 Å². The van der Waals surface area contributed by atoms with Crippen LogP contribution in [-0.2, 0) is 56.6 Å². The highest BCUT2D eigenvalue weighted by atomic mass is 32.2. The van der Waals surface area contributed by atoms with Crippen molar-refractivity contribution in [3.05, 3.63) is 84.8 Å². The fourth-order valence-corrected chi connectivity index (χ4v) is 10.6. The quantitative estimate of drug-likeness (QED) is 0.0220. The van der Waals surface area contributed by atoms with Crippen LogP contribution >= 0.6 is 23.5 Å². The van der Waals surface area contributed by atoms with Gasteiger partial charge in [-0.15, -0.1) is 5.11 Å². The summed E-state index contributed by atoms with van der Waals surface area (Å²) in [6, 6.07) is 15.1. The molecular weight excluding hydrogens is 1050 g/mol. The van der Waals surface area contributed by atoms with Crippen molar-refractivity contribution in [1.82, 2.24) is 19.9 Å². The van der Waals surface area contributed by atoms with Crippen molar-refractivity contribution in [3.63, 3.8) is 0 Å².